The van der Waals surface area contributed by atoms with Gasteiger partial charge >= 0.3 is 12.0 Å². The first kappa shape index (κ1) is 13.3. The number of hydrogen-bond acceptors (Lipinski definition) is 6. The number of oxazole rings is 1. The molecule has 0 saturated heterocycles. The molecule has 0 bridgehead atoms. The largest absolute Gasteiger partial charge is 0.461 e. The number of carbonyl (C=O) groups is 2. The van der Waals surface area contributed by atoms with Crippen molar-refractivity contribution < 1.29 is 23.2 Å². The molecule has 0 fully saturated rings. The van der Waals surface area contributed by atoms with E-state index in [9.17, 15) is 9.59 Å². The van der Waals surface area contributed by atoms with Crippen LogP contribution in [0.15, 0.2) is 31.9 Å². The number of furan rings is 1. The van der Waals surface area contributed by atoms with Crippen LogP contribution in [0.2, 0.25) is 0 Å². The van der Waals surface area contributed by atoms with E-state index in [1.54, 1.807) is 13.0 Å². The molecular weight excluding hydrogens is 320 g/mol. The Labute approximate surface area is 116 Å². The lowest BCUT2D eigenvalue weighted by atomic mass is 10.4. The highest BCUT2D eigenvalue weighted by Gasteiger charge is 2.17. The zero-order valence-corrected chi connectivity index (χ0v) is 11.4. The number of rotatable bonds is 4. The molecule has 8 heteroatoms. The number of halogens is 1. The molecule has 0 aromatic carbocycles. The second kappa shape index (κ2) is 5.70. The van der Waals surface area contributed by atoms with Crippen molar-refractivity contribution in [1.82, 2.24) is 4.98 Å². The van der Waals surface area contributed by atoms with Gasteiger partial charge < -0.3 is 13.6 Å². The first-order valence-electron chi connectivity index (χ1n) is 5.29. The number of anilines is 1. The van der Waals surface area contributed by atoms with E-state index in [1.807, 2.05) is 0 Å². The summed E-state index contributed by atoms with van der Waals surface area (Å²) in [6.07, 6.45) is 1.10. The molecule has 0 atom stereocenters. The van der Waals surface area contributed by atoms with Crippen molar-refractivity contribution in [3.8, 4) is 0 Å². The number of hydrogen-bond donors (Lipinski definition) is 1. The van der Waals surface area contributed by atoms with Crippen LogP contribution < -0.4 is 5.32 Å². The van der Waals surface area contributed by atoms with Crippen molar-refractivity contribution in [2.75, 3.05) is 11.9 Å². The Hall–Kier alpha value is -2.09. The average Bonchev–Trinajstić information content (AvgIpc) is 2.98. The summed E-state index contributed by atoms with van der Waals surface area (Å²) in [4.78, 5) is 26.8. The van der Waals surface area contributed by atoms with E-state index in [2.05, 4.69) is 26.2 Å². The van der Waals surface area contributed by atoms with Crippen LogP contribution in [0.1, 0.15) is 28.0 Å². The Kier molecular flexibility index (Phi) is 4.00. The minimum Gasteiger partial charge on any atom is -0.461 e. The van der Waals surface area contributed by atoms with Crippen LogP contribution in [0.5, 0.6) is 0 Å². The van der Waals surface area contributed by atoms with Gasteiger partial charge in [0, 0.05) is 0 Å². The lowest BCUT2D eigenvalue weighted by molar-refractivity contribution is 0.0519. The third-order valence-electron chi connectivity index (χ3n) is 2.01. The zero-order valence-electron chi connectivity index (χ0n) is 9.81. The summed E-state index contributed by atoms with van der Waals surface area (Å²) in [6, 6.07) is 2.95. The molecule has 2 aromatic rings. The number of amides is 1. The van der Waals surface area contributed by atoms with Gasteiger partial charge in [-0.2, -0.15) is 4.98 Å². The summed E-state index contributed by atoms with van der Waals surface area (Å²) in [6.45, 7) is 1.91. The average molecular weight is 329 g/mol. The quantitative estimate of drug-likeness (QED) is 0.866. The number of nitrogens with one attached hydrogen (secondary N) is 1. The highest BCUT2D eigenvalue weighted by molar-refractivity contribution is 9.10. The van der Waals surface area contributed by atoms with E-state index in [4.69, 9.17) is 13.6 Å². The summed E-state index contributed by atoms with van der Waals surface area (Å²) in [5.74, 6) is -1.07. The SMILES string of the molecule is CCOC(=O)c1coc(NC(=O)c2ccc(Br)o2)n1. The molecule has 0 aliphatic heterocycles. The normalized spacial score (nSPS) is 10.2. The zero-order chi connectivity index (χ0) is 13.8. The molecule has 2 aromatic heterocycles. The van der Waals surface area contributed by atoms with Gasteiger partial charge in [-0.15, -0.1) is 0 Å². The van der Waals surface area contributed by atoms with Crippen LogP contribution in [0.3, 0.4) is 0 Å². The number of aromatic nitrogens is 1. The van der Waals surface area contributed by atoms with Crippen molar-refractivity contribution in [2.24, 2.45) is 0 Å². The van der Waals surface area contributed by atoms with Crippen LogP contribution in [0, 0.1) is 0 Å². The van der Waals surface area contributed by atoms with Crippen LogP contribution in [0.25, 0.3) is 0 Å². The predicted octanol–water partition coefficient (Wildman–Crippen LogP) is 2.46. The lowest BCUT2D eigenvalue weighted by Crippen LogP contribution is -2.11. The van der Waals surface area contributed by atoms with Gasteiger partial charge in [-0.05, 0) is 35.0 Å². The van der Waals surface area contributed by atoms with Crippen molar-refractivity contribution in [2.45, 2.75) is 6.92 Å². The summed E-state index contributed by atoms with van der Waals surface area (Å²) in [7, 11) is 0. The standard InChI is InChI=1S/C11H9BrN2O5/c1-2-17-10(16)6-5-18-11(13-6)14-9(15)7-3-4-8(12)19-7/h3-5H,2H2,1H3,(H,13,14,15). The van der Waals surface area contributed by atoms with Gasteiger partial charge in [-0.3, -0.25) is 10.1 Å². The van der Waals surface area contributed by atoms with Crippen molar-refractivity contribution in [3.05, 3.63) is 34.5 Å². The minimum absolute atomic E-state index is 0.0159. The first-order chi connectivity index (χ1) is 9.10. The molecule has 19 heavy (non-hydrogen) atoms. The number of ether oxygens (including phenoxy) is 1. The molecule has 2 rings (SSSR count). The highest BCUT2D eigenvalue weighted by Crippen LogP contribution is 2.16. The molecule has 1 amide bonds. The molecule has 7 nitrogen and oxygen atoms in total. The smallest absolute Gasteiger partial charge is 0.360 e. The van der Waals surface area contributed by atoms with Crippen LogP contribution in [-0.2, 0) is 4.74 Å². The molecule has 100 valence electrons. The Morgan fingerprint density at radius 1 is 1.47 bits per heavy atom. The Morgan fingerprint density at radius 2 is 2.26 bits per heavy atom. The molecule has 1 N–H and O–H groups in total. The van der Waals surface area contributed by atoms with Gasteiger partial charge in [0.1, 0.15) is 6.26 Å². The van der Waals surface area contributed by atoms with Gasteiger partial charge in [0.05, 0.1) is 6.61 Å². The van der Waals surface area contributed by atoms with Crippen molar-refractivity contribution in [3.63, 3.8) is 0 Å². The first-order valence-corrected chi connectivity index (χ1v) is 6.08. The Morgan fingerprint density at radius 3 is 2.89 bits per heavy atom. The van der Waals surface area contributed by atoms with E-state index in [1.165, 1.54) is 6.07 Å². The van der Waals surface area contributed by atoms with Gasteiger partial charge in [-0.1, -0.05) is 0 Å². The second-order valence-corrected chi connectivity index (χ2v) is 4.10. The van der Waals surface area contributed by atoms with E-state index < -0.39 is 11.9 Å². The maximum atomic E-state index is 11.7. The topological polar surface area (TPSA) is 94.6 Å². The molecule has 2 heterocycles. The lowest BCUT2D eigenvalue weighted by Gasteiger charge is -1.96. The van der Waals surface area contributed by atoms with Gasteiger partial charge in [0.15, 0.2) is 16.1 Å². The molecular formula is C11H9BrN2O5. The summed E-state index contributed by atoms with van der Waals surface area (Å²) >= 11 is 3.08. The highest BCUT2D eigenvalue weighted by atomic mass is 79.9. The maximum absolute atomic E-state index is 11.7. The van der Waals surface area contributed by atoms with Gasteiger partial charge in [0.2, 0.25) is 0 Å². The minimum atomic E-state index is -0.618. The summed E-state index contributed by atoms with van der Waals surface area (Å²) in [5.41, 5.74) is -0.0159. The van der Waals surface area contributed by atoms with Crippen molar-refractivity contribution in [1.29, 1.82) is 0 Å². The van der Waals surface area contributed by atoms with Crippen LogP contribution in [-0.4, -0.2) is 23.5 Å². The van der Waals surface area contributed by atoms with E-state index in [0.717, 1.165) is 6.26 Å². The van der Waals surface area contributed by atoms with E-state index in [0.29, 0.717) is 4.67 Å². The molecule has 0 unspecified atom stereocenters. The molecule has 0 radical (unpaired) electrons. The fourth-order valence-corrected chi connectivity index (χ4v) is 1.53. The fraction of sp³-hybridized carbons (Fsp3) is 0.182. The third-order valence-corrected chi connectivity index (χ3v) is 2.43. The van der Waals surface area contributed by atoms with Crippen LogP contribution >= 0.6 is 15.9 Å². The summed E-state index contributed by atoms with van der Waals surface area (Å²) < 4.78 is 15.2. The second-order valence-electron chi connectivity index (χ2n) is 3.32. The number of esters is 1. The fourth-order valence-electron chi connectivity index (χ4n) is 1.22. The van der Waals surface area contributed by atoms with E-state index in [-0.39, 0.29) is 24.1 Å². The Balaban J connectivity index is 2.04. The molecule has 0 spiro atoms. The van der Waals surface area contributed by atoms with Crippen molar-refractivity contribution >= 4 is 33.8 Å². The van der Waals surface area contributed by atoms with E-state index >= 15 is 0 Å². The molecule has 0 aliphatic rings. The Bertz CT molecular complexity index is 604. The molecule has 0 aliphatic carbocycles. The number of carbonyl (C=O) groups excluding carboxylic acids is 2. The third kappa shape index (κ3) is 3.22. The summed E-state index contributed by atoms with van der Waals surface area (Å²) in [5, 5.41) is 2.35. The van der Waals surface area contributed by atoms with Gasteiger partial charge in [0.25, 0.3) is 5.91 Å². The predicted molar refractivity (Wildman–Crippen MR) is 66.8 cm³/mol. The maximum Gasteiger partial charge on any atom is 0.360 e. The van der Waals surface area contributed by atoms with Gasteiger partial charge in [-0.25, -0.2) is 4.79 Å². The molecule has 0 saturated carbocycles. The van der Waals surface area contributed by atoms with Crippen LogP contribution in [0.4, 0.5) is 6.01 Å². The monoisotopic (exact) mass is 328 g/mol. The number of nitrogens with zero attached hydrogens (tertiary/aromatic N) is 1.